The summed E-state index contributed by atoms with van der Waals surface area (Å²) in [5, 5.41) is 7.54. The average molecular weight is 681 g/mol. The molecule has 0 saturated carbocycles. The maximum Gasteiger partial charge on any atom is 0.0641 e. The van der Waals surface area contributed by atoms with Gasteiger partial charge in [0.1, 0.15) is 0 Å². The first-order valence-corrected chi connectivity index (χ1v) is 18.1. The molecule has 0 spiro atoms. The first-order chi connectivity index (χ1) is 26.3. The molecule has 0 atom stereocenters. The van der Waals surface area contributed by atoms with Gasteiger partial charge in [-0.1, -0.05) is 109 Å². The van der Waals surface area contributed by atoms with Crippen molar-refractivity contribution in [2.75, 3.05) is 7.05 Å². The monoisotopic (exact) mass is 680 g/mol. The van der Waals surface area contributed by atoms with E-state index in [0.29, 0.717) is 0 Å². The van der Waals surface area contributed by atoms with Crippen molar-refractivity contribution in [3.63, 3.8) is 0 Å². The zero-order valence-electron chi connectivity index (χ0n) is 29.3. The fraction of sp³-hybridized carbons (Fsp3) is 0.0204. The smallest absolute Gasteiger partial charge is 0.0641 e. The molecule has 0 saturated heterocycles. The maximum absolute atomic E-state index is 4.50. The zero-order chi connectivity index (χ0) is 35.5. The Kier molecular flexibility index (Phi) is 7.24. The summed E-state index contributed by atoms with van der Waals surface area (Å²) >= 11 is 0. The maximum atomic E-state index is 4.50. The summed E-state index contributed by atoms with van der Waals surface area (Å²) in [6.07, 6.45) is 0. The second-order valence-corrected chi connectivity index (χ2v) is 13.4. The van der Waals surface area contributed by atoms with Crippen LogP contribution in [0.1, 0.15) is 0 Å². The van der Waals surface area contributed by atoms with Crippen LogP contribution in [0.3, 0.4) is 0 Å². The molecule has 0 bridgehead atoms. The lowest BCUT2D eigenvalue weighted by atomic mass is 10.00. The standard InChI is InChI=1S/C48H31N3.CH5N/c1-4-14-34(15-5-1)49-42-22-12-10-20-37(42)40-30-32(24-27-44(40)49)33-25-28-45-41(31-33)38-26-29-46-47(48(38)51(45)36-18-8-3-9-19-36)39-21-11-13-23-43(39)50(46)35-16-6-2-7-17-35;1-2/h1-31H;2H2,1H3. The largest absolute Gasteiger partial charge is 0.333 e. The molecule has 4 nitrogen and oxygen atoms in total. The lowest BCUT2D eigenvalue weighted by Crippen LogP contribution is -1.95. The van der Waals surface area contributed by atoms with Gasteiger partial charge in [0.25, 0.3) is 0 Å². The molecule has 0 aliphatic carbocycles. The third-order valence-corrected chi connectivity index (χ3v) is 10.6. The highest BCUT2D eigenvalue weighted by Crippen LogP contribution is 2.43. The van der Waals surface area contributed by atoms with E-state index in [1.54, 1.807) is 0 Å². The molecule has 3 heterocycles. The normalized spacial score (nSPS) is 11.6. The van der Waals surface area contributed by atoms with Gasteiger partial charge in [-0.2, -0.15) is 0 Å². The van der Waals surface area contributed by atoms with Gasteiger partial charge in [0.15, 0.2) is 0 Å². The van der Waals surface area contributed by atoms with Gasteiger partial charge in [0, 0.05) is 49.4 Å². The van der Waals surface area contributed by atoms with Crippen LogP contribution in [-0.2, 0) is 0 Å². The molecule has 0 aliphatic rings. The van der Waals surface area contributed by atoms with E-state index in [1.807, 2.05) is 0 Å². The minimum atomic E-state index is 1.16. The van der Waals surface area contributed by atoms with Crippen LogP contribution in [0.5, 0.6) is 0 Å². The molecule has 53 heavy (non-hydrogen) atoms. The molecule has 11 aromatic rings. The van der Waals surface area contributed by atoms with Crippen LogP contribution >= 0.6 is 0 Å². The van der Waals surface area contributed by atoms with Crippen LogP contribution in [0.2, 0.25) is 0 Å². The molecule has 252 valence electrons. The SMILES string of the molecule is CN.c1ccc(-n2c3ccccc3c3cc(-c4ccc5c(c4)c4ccc6c(c7ccccc7n6-c6ccccc6)c4n5-c4ccccc4)ccc32)cc1. The third kappa shape index (κ3) is 4.66. The van der Waals surface area contributed by atoms with E-state index in [0.717, 1.165) is 11.4 Å². The molecule has 4 heteroatoms. The number of benzene rings is 8. The van der Waals surface area contributed by atoms with E-state index in [9.17, 15) is 0 Å². The highest BCUT2D eigenvalue weighted by molar-refractivity contribution is 6.26. The minimum absolute atomic E-state index is 1.16. The van der Waals surface area contributed by atoms with Crippen LogP contribution < -0.4 is 5.73 Å². The summed E-state index contributed by atoms with van der Waals surface area (Å²) in [6.45, 7) is 0. The molecular weight excluding hydrogens is 645 g/mol. The van der Waals surface area contributed by atoms with Crippen molar-refractivity contribution in [1.82, 2.24) is 13.7 Å². The van der Waals surface area contributed by atoms with E-state index in [1.165, 1.54) is 89.3 Å². The van der Waals surface area contributed by atoms with Crippen molar-refractivity contribution >= 4 is 65.4 Å². The van der Waals surface area contributed by atoms with Gasteiger partial charge in [-0.25, -0.2) is 0 Å². The van der Waals surface area contributed by atoms with Crippen molar-refractivity contribution in [3.05, 3.63) is 188 Å². The van der Waals surface area contributed by atoms with E-state index in [4.69, 9.17) is 0 Å². The molecule has 2 N–H and O–H groups in total. The summed E-state index contributed by atoms with van der Waals surface area (Å²) in [5.74, 6) is 0. The van der Waals surface area contributed by atoms with Crippen LogP contribution in [0.25, 0.3) is 93.6 Å². The highest BCUT2D eigenvalue weighted by atomic mass is 15.0. The molecule has 0 radical (unpaired) electrons. The molecular formula is C49H36N4. The Bertz CT molecular complexity index is 3110. The minimum Gasteiger partial charge on any atom is -0.333 e. The number of hydrogen-bond acceptors (Lipinski definition) is 1. The number of para-hydroxylation sites is 5. The number of nitrogens with zero attached hydrogens (tertiary/aromatic N) is 3. The second-order valence-electron chi connectivity index (χ2n) is 13.4. The fourth-order valence-electron chi connectivity index (χ4n) is 8.45. The lowest BCUT2D eigenvalue weighted by molar-refractivity contribution is 1.17. The summed E-state index contributed by atoms with van der Waals surface area (Å²) in [6, 6.07) is 68.4. The Morgan fingerprint density at radius 2 is 0.698 bits per heavy atom. The Hall–Kier alpha value is -6.88. The van der Waals surface area contributed by atoms with E-state index in [2.05, 4.69) is 207 Å². The highest BCUT2D eigenvalue weighted by Gasteiger charge is 2.21. The first kappa shape index (κ1) is 30.9. The topological polar surface area (TPSA) is 40.8 Å². The van der Waals surface area contributed by atoms with Crippen molar-refractivity contribution in [1.29, 1.82) is 0 Å². The number of aromatic nitrogens is 3. The summed E-state index contributed by atoms with van der Waals surface area (Å²) in [7, 11) is 1.50. The van der Waals surface area contributed by atoms with Crippen LogP contribution in [-0.4, -0.2) is 20.7 Å². The number of nitrogens with two attached hydrogens (primary N) is 1. The molecule has 0 aliphatic heterocycles. The summed E-state index contributed by atoms with van der Waals surface area (Å²) < 4.78 is 7.25. The predicted molar refractivity (Wildman–Crippen MR) is 225 cm³/mol. The zero-order valence-corrected chi connectivity index (χ0v) is 29.3. The van der Waals surface area contributed by atoms with Gasteiger partial charge in [-0.3, -0.25) is 0 Å². The van der Waals surface area contributed by atoms with E-state index in [-0.39, 0.29) is 0 Å². The van der Waals surface area contributed by atoms with Crippen molar-refractivity contribution in [3.8, 4) is 28.2 Å². The molecule has 0 fully saturated rings. The van der Waals surface area contributed by atoms with Gasteiger partial charge < -0.3 is 19.4 Å². The molecule has 11 rings (SSSR count). The van der Waals surface area contributed by atoms with Crippen LogP contribution in [0.4, 0.5) is 0 Å². The van der Waals surface area contributed by atoms with Gasteiger partial charge in [-0.05, 0) is 97.0 Å². The van der Waals surface area contributed by atoms with Crippen LogP contribution in [0, 0.1) is 0 Å². The van der Waals surface area contributed by atoms with Gasteiger partial charge in [0.2, 0.25) is 0 Å². The Morgan fingerprint density at radius 3 is 1.28 bits per heavy atom. The Labute approximate surface area is 307 Å². The number of fused-ring (bicyclic) bond motifs is 10. The summed E-state index contributed by atoms with van der Waals surface area (Å²) in [5.41, 5.74) is 17.7. The molecule has 3 aromatic heterocycles. The molecule has 0 unspecified atom stereocenters. The van der Waals surface area contributed by atoms with Gasteiger partial charge >= 0.3 is 0 Å². The molecule has 8 aromatic carbocycles. The Morgan fingerprint density at radius 1 is 0.302 bits per heavy atom. The fourth-order valence-corrected chi connectivity index (χ4v) is 8.45. The summed E-state index contributed by atoms with van der Waals surface area (Å²) in [4.78, 5) is 0. The van der Waals surface area contributed by atoms with Crippen molar-refractivity contribution in [2.24, 2.45) is 5.73 Å². The molecule has 0 amide bonds. The lowest BCUT2D eigenvalue weighted by Gasteiger charge is -2.10. The first-order valence-electron chi connectivity index (χ1n) is 18.1. The van der Waals surface area contributed by atoms with Gasteiger partial charge in [0.05, 0.1) is 33.1 Å². The van der Waals surface area contributed by atoms with Crippen LogP contribution in [0.15, 0.2) is 188 Å². The third-order valence-electron chi connectivity index (χ3n) is 10.6. The van der Waals surface area contributed by atoms with Crippen molar-refractivity contribution < 1.29 is 0 Å². The Balaban J connectivity index is 0.00000172. The number of hydrogen-bond donors (Lipinski definition) is 1. The predicted octanol–water partition coefficient (Wildman–Crippen LogP) is 12.2. The van der Waals surface area contributed by atoms with Crippen molar-refractivity contribution in [2.45, 2.75) is 0 Å². The number of rotatable bonds is 4. The quantitative estimate of drug-likeness (QED) is 0.197. The average Bonchev–Trinajstić information content (AvgIpc) is 3.87. The van der Waals surface area contributed by atoms with E-state index < -0.39 is 0 Å². The van der Waals surface area contributed by atoms with Gasteiger partial charge in [-0.15, -0.1) is 0 Å². The van der Waals surface area contributed by atoms with E-state index >= 15 is 0 Å². The second kappa shape index (κ2) is 12.4.